The summed E-state index contributed by atoms with van der Waals surface area (Å²) in [4.78, 5) is 1.55. The van der Waals surface area contributed by atoms with Crippen LogP contribution in [-0.4, -0.2) is 44.4 Å². The van der Waals surface area contributed by atoms with Crippen molar-refractivity contribution in [2.75, 3.05) is 19.0 Å². The molecule has 15 heteroatoms. The van der Waals surface area contributed by atoms with Crippen molar-refractivity contribution in [2.45, 2.75) is 18.9 Å². The molecule has 0 fully saturated rings. The maximum atomic E-state index is 13.4. The first-order valence-electron chi connectivity index (χ1n) is 11.1. The molecule has 8 nitrogen and oxygen atoms in total. The van der Waals surface area contributed by atoms with Crippen molar-refractivity contribution in [1.82, 2.24) is 30.3 Å². The fraction of sp³-hybridized carbons (Fsp3) is 0.208. The Morgan fingerprint density at radius 3 is 2.21 bits per heavy atom. The summed E-state index contributed by atoms with van der Waals surface area (Å²) in [7, 11) is 3.23. The minimum Gasteiger partial charge on any atom is -0.361 e. The molecule has 202 valence electrons. The zero-order valence-electron chi connectivity index (χ0n) is 20.0. The number of aromatic nitrogens is 6. The Kier molecular flexibility index (Phi) is 6.45. The van der Waals surface area contributed by atoms with E-state index < -0.39 is 30.0 Å². The molecule has 0 radical (unpaired) electrons. The monoisotopic (exact) mass is 567 g/mol. The number of fused-ring (bicyclic) bond motifs is 1. The molecule has 0 unspecified atom stereocenters. The average molecular weight is 568 g/mol. The zero-order chi connectivity index (χ0) is 28.1. The second kappa shape index (κ2) is 9.52. The molecule has 0 amide bonds. The Labute approximate surface area is 220 Å². The lowest BCUT2D eigenvalue weighted by Crippen LogP contribution is -2.18. The van der Waals surface area contributed by atoms with E-state index in [1.807, 2.05) is 0 Å². The molecule has 3 aromatic heterocycles. The molecule has 0 N–H and O–H groups in total. The van der Waals surface area contributed by atoms with Crippen LogP contribution in [0, 0.1) is 0 Å². The molecule has 0 saturated carbocycles. The van der Waals surface area contributed by atoms with Crippen LogP contribution < -0.4 is 4.90 Å². The molecule has 5 rings (SSSR count). The van der Waals surface area contributed by atoms with Gasteiger partial charge in [-0.1, -0.05) is 34.1 Å². The van der Waals surface area contributed by atoms with Crippen LogP contribution in [-0.2, 0) is 18.9 Å². The highest BCUT2D eigenvalue weighted by Crippen LogP contribution is 2.40. The third kappa shape index (κ3) is 4.99. The highest BCUT2D eigenvalue weighted by molar-refractivity contribution is 6.33. The highest BCUT2D eigenvalue weighted by atomic mass is 35.5. The number of benzene rings is 2. The molecular weight excluding hydrogens is 552 g/mol. The van der Waals surface area contributed by atoms with E-state index in [1.165, 1.54) is 10.9 Å². The molecular formula is C24H16ClF6N7O. The summed E-state index contributed by atoms with van der Waals surface area (Å²) in [5, 5.41) is 21.1. The third-order valence-corrected chi connectivity index (χ3v) is 6.08. The maximum absolute atomic E-state index is 13.4. The summed E-state index contributed by atoms with van der Waals surface area (Å²) in [6.45, 7) is -0.447. The molecule has 5 aromatic rings. The van der Waals surface area contributed by atoms with Crippen LogP contribution in [0.1, 0.15) is 16.7 Å². The lowest BCUT2D eigenvalue weighted by molar-refractivity contribution is -0.143. The largest absolute Gasteiger partial charge is 0.416 e. The third-order valence-electron chi connectivity index (χ3n) is 5.75. The normalized spacial score (nSPS) is 12.3. The predicted octanol–water partition coefficient (Wildman–Crippen LogP) is 6.35. The average Bonchev–Trinajstić information content (AvgIpc) is 3.47. The van der Waals surface area contributed by atoms with Crippen molar-refractivity contribution in [3.05, 3.63) is 70.4 Å². The van der Waals surface area contributed by atoms with Crippen molar-refractivity contribution in [1.29, 1.82) is 0 Å². The van der Waals surface area contributed by atoms with Gasteiger partial charge in [0.15, 0.2) is 17.3 Å². The number of nitrogens with zero attached hydrogens (tertiary/aromatic N) is 7. The summed E-state index contributed by atoms with van der Waals surface area (Å²) < 4.78 is 87.0. The molecule has 0 saturated heterocycles. The van der Waals surface area contributed by atoms with Crippen LogP contribution in [0.5, 0.6) is 0 Å². The van der Waals surface area contributed by atoms with Crippen molar-refractivity contribution < 1.29 is 30.9 Å². The molecule has 3 heterocycles. The topological polar surface area (TPSA) is 85.8 Å². The molecule has 0 aliphatic heterocycles. The summed E-state index contributed by atoms with van der Waals surface area (Å²) in [5.41, 5.74) is -1.97. The van der Waals surface area contributed by atoms with Gasteiger partial charge in [-0.15, -0.1) is 10.2 Å². The van der Waals surface area contributed by atoms with E-state index in [9.17, 15) is 26.3 Å². The van der Waals surface area contributed by atoms with Gasteiger partial charge in [-0.25, -0.2) is 4.68 Å². The van der Waals surface area contributed by atoms with Gasteiger partial charge in [0, 0.05) is 19.7 Å². The number of alkyl halides is 6. The highest BCUT2D eigenvalue weighted by Gasteiger charge is 2.37. The lowest BCUT2D eigenvalue weighted by Gasteiger charge is -2.17. The Morgan fingerprint density at radius 2 is 1.59 bits per heavy atom. The molecule has 2 aromatic carbocycles. The van der Waals surface area contributed by atoms with E-state index in [2.05, 4.69) is 25.7 Å². The van der Waals surface area contributed by atoms with Crippen molar-refractivity contribution in [2.24, 2.45) is 0 Å². The van der Waals surface area contributed by atoms with Crippen LogP contribution in [0.25, 0.3) is 33.6 Å². The Balaban J connectivity index is 1.66. The SMILES string of the molecule is CN(C)c1c(-c2nncc3noc(-c4ccccc4Cl)c23)nnn1Cc1cc(C(F)(F)F)cc(C(F)(F)F)c1. The van der Waals surface area contributed by atoms with Gasteiger partial charge in [-0.2, -0.15) is 31.4 Å². The predicted molar refractivity (Wildman–Crippen MR) is 129 cm³/mol. The van der Waals surface area contributed by atoms with Gasteiger partial charge in [0.2, 0.25) is 0 Å². The second-order valence-electron chi connectivity index (χ2n) is 8.67. The molecule has 0 atom stereocenters. The van der Waals surface area contributed by atoms with E-state index in [0.29, 0.717) is 33.6 Å². The van der Waals surface area contributed by atoms with Crippen LogP contribution in [0.15, 0.2) is 53.2 Å². The van der Waals surface area contributed by atoms with Crippen LogP contribution >= 0.6 is 11.6 Å². The molecule has 0 aliphatic carbocycles. The van der Waals surface area contributed by atoms with E-state index in [0.717, 1.165) is 0 Å². The smallest absolute Gasteiger partial charge is 0.361 e. The zero-order valence-corrected chi connectivity index (χ0v) is 20.8. The Bertz CT molecular complexity index is 1640. The van der Waals surface area contributed by atoms with E-state index in [-0.39, 0.29) is 34.6 Å². The van der Waals surface area contributed by atoms with Gasteiger partial charge < -0.3 is 9.42 Å². The molecule has 0 spiro atoms. The molecule has 39 heavy (non-hydrogen) atoms. The van der Waals surface area contributed by atoms with Gasteiger partial charge in [-0.05, 0) is 35.9 Å². The van der Waals surface area contributed by atoms with E-state index in [4.69, 9.17) is 16.1 Å². The maximum Gasteiger partial charge on any atom is 0.416 e. The van der Waals surface area contributed by atoms with Gasteiger partial charge in [0.25, 0.3) is 0 Å². The Hall–Kier alpha value is -4.20. The number of anilines is 1. The minimum atomic E-state index is -4.98. The lowest BCUT2D eigenvalue weighted by atomic mass is 10.0. The Morgan fingerprint density at radius 1 is 0.923 bits per heavy atom. The first-order valence-corrected chi connectivity index (χ1v) is 11.5. The van der Waals surface area contributed by atoms with Gasteiger partial charge >= 0.3 is 12.4 Å². The first kappa shape index (κ1) is 26.4. The first-order chi connectivity index (χ1) is 18.3. The summed E-state index contributed by atoms with van der Waals surface area (Å²) >= 11 is 6.36. The van der Waals surface area contributed by atoms with Crippen molar-refractivity contribution in [3.8, 4) is 22.7 Å². The van der Waals surface area contributed by atoms with E-state index in [1.54, 1.807) is 43.3 Å². The summed E-state index contributed by atoms with van der Waals surface area (Å²) in [6.07, 6.45) is -8.60. The van der Waals surface area contributed by atoms with Gasteiger partial charge in [0.05, 0.1) is 34.3 Å². The fourth-order valence-corrected chi connectivity index (χ4v) is 4.32. The molecule has 0 aliphatic rings. The summed E-state index contributed by atoms with van der Waals surface area (Å²) in [5.74, 6) is 0.515. The van der Waals surface area contributed by atoms with Gasteiger partial charge in [-0.3, -0.25) is 0 Å². The van der Waals surface area contributed by atoms with Crippen molar-refractivity contribution in [3.63, 3.8) is 0 Å². The second-order valence-corrected chi connectivity index (χ2v) is 9.08. The number of halogens is 7. The van der Waals surface area contributed by atoms with Crippen LogP contribution in [0.4, 0.5) is 32.2 Å². The quantitative estimate of drug-likeness (QED) is 0.229. The standard InChI is InChI=1S/C24H16ClF6N7O/c1-37(2)22-20(19-18-17(10-32-33-19)35-39-21(18)15-5-3-4-6-16(15)25)34-36-38(22)11-12-7-13(23(26,27)28)9-14(8-12)24(29,30)31/h3-10H,11H2,1-2H3. The number of rotatable bonds is 5. The van der Waals surface area contributed by atoms with Crippen LogP contribution in [0.2, 0.25) is 5.02 Å². The minimum absolute atomic E-state index is 0.0710. The van der Waals surface area contributed by atoms with Crippen molar-refractivity contribution >= 4 is 28.3 Å². The number of hydrogen-bond donors (Lipinski definition) is 0. The van der Waals surface area contributed by atoms with Gasteiger partial charge in [0.1, 0.15) is 11.2 Å². The fourth-order valence-electron chi connectivity index (χ4n) is 4.10. The number of hydrogen-bond acceptors (Lipinski definition) is 7. The van der Waals surface area contributed by atoms with E-state index >= 15 is 0 Å². The van der Waals surface area contributed by atoms with Crippen LogP contribution in [0.3, 0.4) is 0 Å². The summed E-state index contributed by atoms with van der Waals surface area (Å²) in [6, 6.07) is 8.21. The molecule has 0 bridgehead atoms.